The number of rotatable bonds is 3. The fourth-order valence-electron chi connectivity index (χ4n) is 1.30. The molecule has 0 fully saturated rings. The number of hydrogen-bond donors (Lipinski definition) is 0. The number of esters is 1. The maximum Gasteiger partial charge on any atom is 0.335 e. The monoisotopic (exact) mass is 205 g/mol. The number of aliphatic imine (C=N–C) groups is 1. The summed E-state index contributed by atoms with van der Waals surface area (Å²) >= 11 is 0. The number of hydrogen-bond acceptors (Lipinski definition) is 5. The van der Waals surface area contributed by atoms with Crippen LogP contribution in [0.15, 0.2) is 27.0 Å². The largest absolute Gasteiger partial charge is 0.462 e. The van der Waals surface area contributed by atoms with Crippen LogP contribution in [0, 0.1) is 0 Å². The van der Waals surface area contributed by atoms with Crippen molar-refractivity contribution in [1.29, 1.82) is 0 Å². The molecule has 0 aromatic carbocycles. The molecule has 0 aromatic heterocycles. The number of carbonyl (C=O) groups is 1. The molecule has 0 N–H and O–H groups in total. The third kappa shape index (κ3) is 2.01. The fourth-order valence-corrected chi connectivity index (χ4v) is 1.30. The van der Waals surface area contributed by atoms with Crippen LogP contribution in [-0.2, 0) is 9.53 Å². The molecule has 0 atom stereocenters. The van der Waals surface area contributed by atoms with Crippen molar-refractivity contribution in [3.05, 3.63) is 11.8 Å². The molecule has 0 aliphatic carbocycles. The van der Waals surface area contributed by atoms with Crippen molar-refractivity contribution >= 4 is 23.6 Å². The first-order chi connectivity index (χ1) is 7.31. The SMILES string of the molecule is CCCOC(=O)C1=CN=C2C=NN=C2C1. The van der Waals surface area contributed by atoms with E-state index in [-0.39, 0.29) is 5.97 Å². The van der Waals surface area contributed by atoms with Gasteiger partial charge < -0.3 is 4.74 Å². The maximum atomic E-state index is 11.5. The van der Waals surface area contributed by atoms with Crippen molar-refractivity contribution in [1.82, 2.24) is 0 Å². The molecule has 2 rings (SSSR count). The number of ether oxygens (including phenoxy) is 1. The van der Waals surface area contributed by atoms with Gasteiger partial charge in [0.1, 0.15) is 5.71 Å². The molecule has 0 aromatic rings. The summed E-state index contributed by atoms with van der Waals surface area (Å²) in [6.07, 6.45) is 4.39. The molecule has 78 valence electrons. The zero-order chi connectivity index (χ0) is 10.7. The molecule has 15 heavy (non-hydrogen) atoms. The highest BCUT2D eigenvalue weighted by Gasteiger charge is 2.22. The van der Waals surface area contributed by atoms with Gasteiger partial charge in [-0.2, -0.15) is 10.2 Å². The Morgan fingerprint density at radius 3 is 3.27 bits per heavy atom. The van der Waals surface area contributed by atoms with Crippen LogP contribution < -0.4 is 0 Å². The Morgan fingerprint density at radius 2 is 2.47 bits per heavy atom. The van der Waals surface area contributed by atoms with Crippen LogP contribution in [0.5, 0.6) is 0 Å². The van der Waals surface area contributed by atoms with Crippen LogP contribution >= 0.6 is 0 Å². The first-order valence-corrected chi connectivity index (χ1v) is 4.85. The average Bonchev–Trinajstić information content (AvgIpc) is 2.72. The van der Waals surface area contributed by atoms with Crippen LogP contribution in [0.3, 0.4) is 0 Å². The van der Waals surface area contributed by atoms with Gasteiger partial charge in [-0.25, -0.2) is 4.79 Å². The molecule has 0 amide bonds. The first kappa shape index (κ1) is 9.76. The van der Waals surface area contributed by atoms with Crippen molar-refractivity contribution in [2.75, 3.05) is 6.61 Å². The highest BCUT2D eigenvalue weighted by Crippen LogP contribution is 2.14. The van der Waals surface area contributed by atoms with Crippen LogP contribution in [0.4, 0.5) is 0 Å². The molecule has 2 aliphatic rings. The number of carbonyl (C=O) groups excluding carboxylic acids is 1. The summed E-state index contributed by atoms with van der Waals surface area (Å²) in [6, 6.07) is 0. The number of nitrogens with zero attached hydrogens (tertiary/aromatic N) is 3. The summed E-state index contributed by atoms with van der Waals surface area (Å²) in [5, 5.41) is 7.61. The van der Waals surface area contributed by atoms with E-state index in [2.05, 4.69) is 15.2 Å². The van der Waals surface area contributed by atoms with Gasteiger partial charge in [0.15, 0.2) is 0 Å². The van der Waals surface area contributed by atoms with Crippen molar-refractivity contribution in [2.45, 2.75) is 19.8 Å². The van der Waals surface area contributed by atoms with Crippen LogP contribution in [-0.4, -0.2) is 30.2 Å². The highest BCUT2D eigenvalue weighted by atomic mass is 16.5. The topological polar surface area (TPSA) is 63.4 Å². The number of fused-ring (bicyclic) bond motifs is 1. The molecule has 0 unspecified atom stereocenters. The van der Waals surface area contributed by atoms with Gasteiger partial charge in [-0.05, 0) is 6.42 Å². The van der Waals surface area contributed by atoms with E-state index in [1.807, 2.05) is 6.92 Å². The quantitative estimate of drug-likeness (QED) is 0.648. The van der Waals surface area contributed by atoms with Crippen molar-refractivity contribution < 1.29 is 9.53 Å². The van der Waals surface area contributed by atoms with Gasteiger partial charge in [0.25, 0.3) is 0 Å². The van der Waals surface area contributed by atoms with E-state index >= 15 is 0 Å². The summed E-state index contributed by atoms with van der Waals surface area (Å²) in [6.45, 7) is 2.39. The van der Waals surface area contributed by atoms with E-state index in [0.29, 0.717) is 18.6 Å². The third-order valence-electron chi connectivity index (χ3n) is 2.07. The average molecular weight is 205 g/mol. The molecular weight excluding hydrogens is 194 g/mol. The van der Waals surface area contributed by atoms with Gasteiger partial charge in [-0.15, -0.1) is 0 Å². The molecule has 0 saturated carbocycles. The lowest BCUT2D eigenvalue weighted by Crippen LogP contribution is -2.20. The van der Waals surface area contributed by atoms with Gasteiger partial charge in [-0.1, -0.05) is 6.92 Å². The summed E-state index contributed by atoms with van der Waals surface area (Å²) in [7, 11) is 0. The lowest BCUT2D eigenvalue weighted by Gasteiger charge is -2.09. The lowest BCUT2D eigenvalue weighted by atomic mass is 10.0. The lowest BCUT2D eigenvalue weighted by molar-refractivity contribution is -0.139. The van der Waals surface area contributed by atoms with E-state index in [1.165, 1.54) is 6.20 Å². The Balaban J connectivity index is 2.04. The Labute approximate surface area is 87.3 Å². The van der Waals surface area contributed by atoms with E-state index in [9.17, 15) is 4.79 Å². The smallest absolute Gasteiger partial charge is 0.335 e. The third-order valence-corrected chi connectivity index (χ3v) is 2.07. The van der Waals surface area contributed by atoms with Crippen LogP contribution in [0.1, 0.15) is 19.8 Å². The predicted molar refractivity (Wildman–Crippen MR) is 57.3 cm³/mol. The van der Waals surface area contributed by atoms with Crippen molar-refractivity contribution in [2.24, 2.45) is 15.2 Å². The molecule has 5 heteroatoms. The molecule has 0 bridgehead atoms. The zero-order valence-corrected chi connectivity index (χ0v) is 8.43. The minimum atomic E-state index is -0.311. The minimum Gasteiger partial charge on any atom is -0.462 e. The van der Waals surface area contributed by atoms with Gasteiger partial charge >= 0.3 is 5.97 Å². The highest BCUT2D eigenvalue weighted by molar-refractivity contribution is 6.65. The Hall–Kier alpha value is -1.78. The van der Waals surface area contributed by atoms with E-state index in [4.69, 9.17) is 4.74 Å². The molecule has 0 radical (unpaired) electrons. The molecule has 2 aliphatic heterocycles. The predicted octanol–water partition coefficient (Wildman–Crippen LogP) is 1.11. The molecule has 2 heterocycles. The molecule has 0 saturated heterocycles. The normalized spacial score (nSPS) is 17.8. The van der Waals surface area contributed by atoms with Gasteiger partial charge in [0, 0.05) is 12.6 Å². The molecule has 0 spiro atoms. The second-order valence-electron chi connectivity index (χ2n) is 3.27. The minimum absolute atomic E-state index is 0.311. The standard InChI is InChI=1S/C10H11N3O2/c1-2-3-15-10(14)7-4-8-9(11-5-7)6-12-13-8/h5-6H,2-4H2,1H3. The van der Waals surface area contributed by atoms with E-state index < -0.39 is 0 Å². The second kappa shape index (κ2) is 4.16. The first-order valence-electron chi connectivity index (χ1n) is 4.85. The van der Waals surface area contributed by atoms with Crippen molar-refractivity contribution in [3.63, 3.8) is 0 Å². The van der Waals surface area contributed by atoms with Crippen LogP contribution in [0.2, 0.25) is 0 Å². The fraction of sp³-hybridized carbons (Fsp3) is 0.400. The summed E-state index contributed by atoms with van der Waals surface area (Å²) < 4.78 is 5.01. The Kier molecular flexibility index (Phi) is 2.71. The van der Waals surface area contributed by atoms with Gasteiger partial charge in [-0.3, -0.25) is 4.99 Å². The Morgan fingerprint density at radius 1 is 1.60 bits per heavy atom. The van der Waals surface area contributed by atoms with Gasteiger partial charge in [0.2, 0.25) is 0 Å². The summed E-state index contributed by atoms with van der Waals surface area (Å²) in [5.41, 5.74) is 2.01. The zero-order valence-electron chi connectivity index (χ0n) is 8.43. The second-order valence-corrected chi connectivity index (χ2v) is 3.27. The van der Waals surface area contributed by atoms with E-state index in [1.54, 1.807) is 6.21 Å². The van der Waals surface area contributed by atoms with Gasteiger partial charge in [0.05, 0.1) is 24.1 Å². The van der Waals surface area contributed by atoms with Crippen molar-refractivity contribution in [3.8, 4) is 0 Å². The van der Waals surface area contributed by atoms with Crippen LogP contribution in [0.25, 0.3) is 0 Å². The molecular formula is C10H11N3O2. The summed E-state index contributed by atoms with van der Waals surface area (Å²) in [4.78, 5) is 15.6. The summed E-state index contributed by atoms with van der Waals surface area (Å²) in [5.74, 6) is -0.311. The maximum absolute atomic E-state index is 11.5. The van der Waals surface area contributed by atoms with E-state index in [0.717, 1.165) is 17.8 Å². The Bertz CT molecular complexity index is 405. The molecule has 5 nitrogen and oxygen atoms in total.